The molecule has 3 heterocycles. The highest BCUT2D eigenvalue weighted by molar-refractivity contribution is 7.89. The lowest BCUT2D eigenvalue weighted by molar-refractivity contribution is 0.356. The van der Waals surface area contributed by atoms with E-state index in [0.717, 1.165) is 23.4 Å². The van der Waals surface area contributed by atoms with Crippen LogP contribution in [0.4, 0.5) is 0 Å². The van der Waals surface area contributed by atoms with Crippen LogP contribution in [-0.4, -0.2) is 35.0 Å². The van der Waals surface area contributed by atoms with Gasteiger partial charge in [-0.1, -0.05) is 5.21 Å². The number of nitrogens with one attached hydrogen (secondary N) is 1. The van der Waals surface area contributed by atoms with Gasteiger partial charge in [-0.15, -0.1) is 5.10 Å². The standard InChI is InChI=1S/C16H15N5O3S/c22-25(23,15-1-2-16-12(9-15)5-8-24-16)18-10-13-11-21(20-19-13)14-3-6-17-7-4-14/h1-4,6-7,9,11,18H,5,8,10H2. The summed E-state index contributed by atoms with van der Waals surface area (Å²) in [5.74, 6) is 0.749. The molecule has 1 aliphatic heterocycles. The molecule has 3 aromatic rings. The molecule has 0 bridgehead atoms. The molecular weight excluding hydrogens is 342 g/mol. The molecule has 9 heteroatoms. The van der Waals surface area contributed by atoms with E-state index in [2.05, 4.69) is 20.0 Å². The fraction of sp³-hybridized carbons (Fsp3) is 0.188. The number of hydrogen-bond donors (Lipinski definition) is 1. The van der Waals surface area contributed by atoms with E-state index in [1.165, 1.54) is 0 Å². The van der Waals surface area contributed by atoms with Crippen molar-refractivity contribution in [1.82, 2.24) is 24.7 Å². The van der Waals surface area contributed by atoms with Gasteiger partial charge in [-0.2, -0.15) is 0 Å². The minimum Gasteiger partial charge on any atom is -0.493 e. The smallest absolute Gasteiger partial charge is 0.240 e. The van der Waals surface area contributed by atoms with Gasteiger partial charge in [-0.25, -0.2) is 17.8 Å². The first kappa shape index (κ1) is 15.7. The van der Waals surface area contributed by atoms with Crippen LogP contribution in [0.15, 0.2) is 53.8 Å². The average molecular weight is 357 g/mol. The van der Waals surface area contributed by atoms with Crippen molar-refractivity contribution in [1.29, 1.82) is 0 Å². The molecule has 128 valence electrons. The molecule has 0 aliphatic carbocycles. The van der Waals surface area contributed by atoms with Crippen molar-refractivity contribution in [2.45, 2.75) is 17.9 Å². The molecule has 0 amide bonds. The summed E-state index contributed by atoms with van der Waals surface area (Å²) in [5, 5.41) is 7.99. The van der Waals surface area contributed by atoms with Crippen LogP contribution >= 0.6 is 0 Å². The quantitative estimate of drug-likeness (QED) is 0.733. The Hall–Kier alpha value is -2.78. The second kappa shape index (κ2) is 6.26. The molecule has 0 atom stereocenters. The van der Waals surface area contributed by atoms with E-state index >= 15 is 0 Å². The highest BCUT2D eigenvalue weighted by Crippen LogP contribution is 2.27. The van der Waals surface area contributed by atoms with Crippen molar-refractivity contribution in [3.63, 3.8) is 0 Å². The van der Waals surface area contributed by atoms with E-state index < -0.39 is 10.0 Å². The Bertz CT molecular complexity index is 1000. The number of benzene rings is 1. The number of nitrogens with zero attached hydrogens (tertiary/aromatic N) is 4. The van der Waals surface area contributed by atoms with Crippen molar-refractivity contribution >= 4 is 10.0 Å². The Morgan fingerprint density at radius 2 is 2.04 bits per heavy atom. The van der Waals surface area contributed by atoms with Crippen molar-refractivity contribution in [3.05, 3.63) is 60.2 Å². The summed E-state index contributed by atoms with van der Waals surface area (Å²) < 4.78 is 34.5. The lowest BCUT2D eigenvalue weighted by atomic mass is 10.2. The summed E-state index contributed by atoms with van der Waals surface area (Å²) in [7, 11) is -3.63. The van der Waals surface area contributed by atoms with Crippen LogP contribution in [0, 0.1) is 0 Å². The highest BCUT2D eigenvalue weighted by atomic mass is 32.2. The number of sulfonamides is 1. The lowest BCUT2D eigenvalue weighted by Gasteiger charge is -2.06. The second-order valence-electron chi connectivity index (χ2n) is 5.55. The summed E-state index contributed by atoms with van der Waals surface area (Å²) in [5.41, 5.74) is 2.23. The van der Waals surface area contributed by atoms with Gasteiger partial charge in [0.2, 0.25) is 10.0 Å². The molecule has 8 nitrogen and oxygen atoms in total. The predicted molar refractivity (Wildman–Crippen MR) is 88.8 cm³/mol. The fourth-order valence-corrected chi connectivity index (χ4v) is 3.63. The third-order valence-electron chi connectivity index (χ3n) is 3.88. The van der Waals surface area contributed by atoms with Crippen molar-refractivity contribution in [2.75, 3.05) is 6.61 Å². The molecule has 0 saturated heterocycles. The minimum atomic E-state index is -3.63. The third-order valence-corrected chi connectivity index (χ3v) is 5.28. The van der Waals surface area contributed by atoms with E-state index in [9.17, 15) is 8.42 Å². The van der Waals surface area contributed by atoms with Crippen LogP contribution in [0.1, 0.15) is 11.3 Å². The molecular formula is C16H15N5O3S. The number of pyridine rings is 1. The SMILES string of the molecule is O=S(=O)(NCc1cn(-c2ccncc2)nn1)c1ccc2c(c1)CCO2. The van der Waals surface area contributed by atoms with Gasteiger partial charge in [0.05, 0.1) is 35.6 Å². The Labute approximate surface area is 144 Å². The van der Waals surface area contributed by atoms with E-state index in [-0.39, 0.29) is 11.4 Å². The van der Waals surface area contributed by atoms with Gasteiger partial charge in [0.15, 0.2) is 0 Å². The zero-order chi connectivity index (χ0) is 17.3. The average Bonchev–Trinajstić information content (AvgIpc) is 3.29. The van der Waals surface area contributed by atoms with Gasteiger partial charge < -0.3 is 4.74 Å². The van der Waals surface area contributed by atoms with Crippen LogP contribution in [-0.2, 0) is 23.0 Å². The molecule has 25 heavy (non-hydrogen) atoms. The van der Waals surface area contributed by atoms with Gasteiger partial charge in [0, 0.05) is 18.8 Å². The fourth-order valence-electron chi connectivity index (χ4n) is 2.58. The van der Waals surface area contributed by atoms with Crippen LogP contribution in [0.2, 0.25) is 0 Å². The number of fused-ring (bicyclic) bond motifs is 1. The summed E-state index contributed by atoms with van der Waals surface area (Å²) in [6.45, 7) is 0.644. The van der Waals surface area contributed by atoms with E-state index in [0.29, 0.717) is 12.3 Å². The number of rotatable bonds is 5. The maximum Gasteiger partial charge on any atom is 0.240 e. The highest BCUT2D eigenvalue weighted by Gasteiger charge is 2.19. The molecule has 0 saturated carbocycles. The van der Waals surface area contributed by atoms with Gasteiger partial charge in [-0.05, 0) is 35.9 Å². The van der Waals surface area contributed by atoms with Crippen molar-refractivity contribution < 1.29 is 13.2 Å². The Balaban J connectivity index is 1.48. The monoisotopic (exact) mass is 357 g/mol. The van der Waals surface area contributed by atoms with Gasteiger partial charge in [0.25, 0.3) is 0 Å². The predicted octanol–water partition coefficient (Wildman–Crippen LogP) is 1.08. The molecule has 1 N–H and O–H groups in total. The largest absolute Gasteiger partial charge is 0.493 e. The maximum absolute atomic E-state index is 12.5. The van der Waals surface area contributed by atoms with E-state index in [4.69, 9.17) is 4.74 Å². The first-order chi connectivity index (χ1) is 12.1. The van der Waals surface area contributed by atoms with Crippen LogP contribution in [0.3, 0.4) is 0 Å². The zero-order valence-corrected chi connectivity index (χ0v) is 14.0. The van der Waals surface area contributed by atoms with Crippen molar-refractivity contribution in [2.24, 2.45) is 0 Å². The van der Waals surface area contributed by atoms with Crippen LogP contribution in [0.5, 0.6) is 5.75 Å². The molecule has 2 aromatic heterocycles. The summed E-state index contributed by atoms with van der Waals surface area (Å²) >= 11 is 0. The first-order valence-corrected chi connectivity index (χ1v) is 9.17. The van der Waals surface area contributed by atoms with Gasteiger partial charge in [0.1, 0.15) is 5.75 Å². The topological polar surface area (TPSA) is 99.0 Å². The normalized spacial score (nSPS) is 13.4. The number of hydrogen-bond acceptors (Lipinski definition) is 6. The summed E-state index contributed by atoms with van der Waals surface area (Å²) in [6.07, 6.45) is 5.70. The lowest BCUT2D eigenvalue weighted by Crippen LogP contribution is -2.23. The molecule has 1 aromatic carbocycles. The third kappa shape index (κ3) is 3.24. The Morgan fingerprint density at radius 3 is 2.88 bits per heavy atom. The molecule has 0 radical (unpaired) electrons. The van der Waals surface area contributed by atoms with E-state index in [1.54, 1.807) is 53.6 Å². The number of ether oxygens (including phenoxy) is 1. The maximum atomic E-state index is 12.5. The van der Waals surface area contributed by atoms with Crippen molar-refractivity contribution in [3.8, 4) is 11.4 Å². The molecule has 0 spiro atoms. The minimum absolute atomic E-state index is 0.0565. The summed E-state index contributed by atoms with van der Waals surface area (Å²) in [4.78, 5) is 4.16. The molecule has 4 rings (SSSR count). The van der Waals surface area contributed by atoms with Crippen LogP contribution < -0.4 is 9.46 Å². The molecule has 1 aliphatic rings. The summed E-state index contributed by atoms with van der Waals surface area (Å²) in [6, 6.07) is 8.46. The van der Waals surface area contributed by atoms with Gasteiger partial charge in [-0.3, -0.25) is 4.98 Å². The number of aromatic nitrogens is 4. The first-order valence-electron chi connectivity index (χ1n) is 7.69. The zero-order valence-electron chi connectivity index (χ0n) is 13.2. The Morgan fingerprint density at radius 1 is 1.20 bits per heavy atom. The molecule has 0 fully saturated rings. The van der Waals surface area contributed by atoms with Gasteiger partial charge >= 0.3 is 0 Å². The molecule has 0 unspecified atom stereocenters. The Kier molecular flexibility index (Phi) is 3.94. The van der Waals surface area contributed by atoms with Crippen LogP contribution in [0.25, 0.3) is 5.69 Å². The second-order valence-corrected chi connectivity index (χ2v) is 7.32. The van der Waals surface area contributed by atoms with E-state index in [1.807, 2.05) is 0 Å².